The van der Waals surface area contributed by atoms with Crippen LogP contribution in [0, 0.1) is 0 Å². The Labute approximate surface area is 115 Å². The summed E-state index contributed by atoms with van der Waals surface area (Å²) in [5.74, 6) is 0. The third kappa shape index (κ3) is 3.32. The van der Waals surface area contributed by atoms with Gasteiger partial charge in [-0.1, -0.05) is 17.7 Å². The number of H-pyrrole nitrogens is 1. The number of aromatic nitrogens is 2. The van der Waals surface area contributed by atoms with E-state index in [4.69, 9.17) is 16.7 Å². The number of halogens is 1. The molecular weight excluding hydrogens is 290 g/mol. The highest BCUT2D eigenvalue weighted by Gasteiger charge is 2.15. The molecule has 19 heavy (non-hydrogen) atoms. The van der Waals surface area contributed by atoms with Crippen LogP contribution in [0.15, 0.2) is 35.6 Å². The first-order valence-electron chi connectivity index (χ1n) is 5.39. The van der Waals surface area contributed by atoms with E-state index in [1.807, 2.05) is 0 Å². The van der Waals surface area contributed by atoms with Gasteiger partial charge in [0.1, 0.15) is 0 Å². The fourth-order valence-electron chi connectivity index (χ4n) is 1.46. The third-order valence-corrected chi connectivity index (χ3v) is 4.26. The molecule has 2 aromatic rings. The highest BCUT2D eigenvalue weighted by Crippen LogP contribution is 2.20. The predicted molar refractivity (Wildman–Crippen MR) is 70.0 cm³/mol. The van der Waals surface area contributed by atoms with Crippen molar-refractivity contribution in [3.05, 3.63) is 47.0 Å². The van der Waals surface area contributed by atoms with Crippen LogP contribution in [0.3, 0.4) is 0 Å². The molecule has 102 valence electrons. The van der Waals surface area contributed by atoms with Crippen molar-refractivity contribution in [2.45, 2.75) is 18.0 Å². The summed E-state index contributed by atoms with van der Waals surface area (Å²) in [6, 6.07) is 4.18. The first-order valence-corrected chi connectivity index (χ1v) is 7.25. The SMILES string of the molecule is O=S(=O)(NCc1cnc[nH]1)c1ccc(CO)c(Cl)c1. The average molecular weight is 302 g/mol. The lowest BCUT2D eigenvalue weighted by atomic mass is 10.2. The number of nitrogens with zero attached hydrogens (tertiary/aromatic N) is 1. The molecule has 0 aliphatic heterocycles. The molecule has 1 aromatic carbocycles. The van der Waals surface area contributed by atoms with E-state index in [0.29, 0.717) is 11.3 Å². The fourth-order valence-corrected chi connectivity index (χ4v) is 2.80. The molecule has 0 atom stereocenters. The van der Waals surface area contributed by atoms with E-state index in [0.717, 1.165) is 0 Å². The number of hydrogen-bond donors (Lipinski definition) is 3. The van der Waals surface area contributed by atoms with Crippen LogP contribution >= 0.6 is 11.6 Å². The Morgan fingerprint density at radius 1 is 1.42 bits per heavy atom. The molecule has 0 aliphatic rings. The zero-order chi connectivity index (χ0) is 13.9. The van der Waals surface area contributed by atoms with E-state index in [1.54, 1.807) is 0 Å². The largest absolute Gasteiger partial charge is 0.392 e. The van der Waals surface area contributed by atoms with Crippen molar-refractivity contribution >= 4 is 21.6 Å². The number of hydrogen-bond acceptors (Lipinski definition) is 4. The summed E-state index contributed by atoms with van der Waals surface area (Å²) in [6.07, 6.45) is 3.00. The van der Waals surface area contributed by atoms with Crippen molar-refractivity contribution in [1.29, 1.82) is 0 Å². The molecule has 0 aliphatic carbocycles. The minimum atomic E-state index is -3.65. The van der Waals surface area contributed by atoms with Crippen LogP contribution in [-0.4, -0.2) is 23.5 Å². The van der Waals surface area contributed by atoms with E-state index in [2.05, 4.69) is 14.7 Å². The number of benzene rings is 1. The third-order valence-electron chi connectivity index (χ3n) is 2.51. The van der Waals surface area contributed by atoms with Gasteiger partial charge in [-0.05, 0) is 17.7 Å². The number of sulfonamides is 1. The summed E-state index contributed by atoms with van der Waals surface area (Å²) in [5, 5.41) is 9.19. The Hall–Kier alpha value is -1.41. The van der Waals surface area contributed by atoms with Gasteiger partial charge in [0, 0.05) is 16.9 Å². The van der Waals surface area contributed by atoms with Crippen LogP contribution in [-0.2, 0) is 23.2 Å². The Bertz CT molecular complexity index is 656. The minimum absolute atomic E-state index is 0.0502. The van der Waals surface area contributed by atoms with Crippen LogP contribution in [0.1, 0.15) is 11.3 Å². The highest BCUT2D eigenvalue weighted by atomic mass is 35.5. The van der Waals surface area contributed by atoms with Gasteiger partial charge in [0.2, 0.25) is 10.0 Å². The topological polar surface area (TPSA) is 95.1 Å². The van der Waals surface area contributed by atoms with Crippen molar-refractivity contribution < 1.29 is 13.5 Å². The summed E-state index contributed by atoms with van der Waals surface area (Å²) in [4.78, 5) is 6.64. The second-order valence-electron chi connectivity index (χ2n) is 3.81. The molecular formula is C11H12ClN3O3S. The standard InChI is InChI=1S/C11H12ClN3O3S/c12-11-3-10(2-1-8(11)6-16)19(17,18)15-5-9-4-13-7-14-9/h1-4,7,15-16H,5-6H2,(H,13,14). The summed E-state index contributed by atoms with van der Waals surface area (Å²) in [6.45, 7) is -0.123. The van der Waals surface area contributed by atoms with Gasteiger partial charge >= 0.3 is 0 Å². The van der Waals surface area contributed by atoms with E-state index in [1.165, 1.54) is 30.7 Å². The van der Waals surface area contributed by atoms with Crippen molar-refractivity contribution in [3.63, 3.8) is 0 Å². The maximum atomic E-state index is 12.0. The van der Waals surface area contributed by atoms with Gasteiger partial charge in [0.15, 0.2) is 0 Å². The molecule has 8 heteroatoms. The Morgan fingerprint density at radius 3 is 2.79 bits per heavy atom. The van der Waals surface area contributed by atoms with Gasteiger partial charge in [-0.15, -0.1) is 0 Å². The first-order chi connectivity index (χ1) is 9.03. The van der Waals surface area contributed by atoms with Gasteiger partial charge < -0.3 is 10.1 Å². The normalized spacial score (nSPS) is 11.7. The van der Waals surface area contributed by atoms with E-state index >= 15 is 0 Å². The van der Waals surface area contributed by atoms with Crippen molar-refractivity contribution in [2.24, 2.45) is 0 Å². The maximum Gasteiger partial charge on any atom is 0.240 e. The average Bonchev–Trinajstić information content (AvgIpc) is 2.89. The zero-order valence-electron chi connectivity index (χ0n) is 9.80. The van der Waals surface area contributed by atoms with Gasteiger partial charge in [-0.25, -0.2) is 18.1 Å². The minimum Gasteiger partial charge on any atom is -0.392 e. The maximum absolute atomic E-state index is 12.0. The van der Waals surface area contributed by atoms with Gasteiger partial charge in [-0.3, -0.25) is 0 Å². The molecule has 0 saturated carbocycles. The van der Waals surface area contributed by atoms with Crippen molar-refractivity contribution in [3.8, 4) is 0 Å². The number of imidazole rings is 1. The quantitative estimate of drug-likeness (QED) is 0.769. The zero-order valence-corrected chi connectivity index (χ0v) is 11.4. The lowest BCUT2D eigenvalue weighted by Gasteiger charge is -2.07. The number of aliphatic hydroxyl groups excluding tert-OH is 1. The van der Waals surface area contributed by atoms with Crippen molar-refractivity contribution in [1.82, 2.24) is 14.7 Å². The number of aromatic amines is 1. The molecule has 0 amide bonds. The van der Waals surface area contributed by atoms with Crippen LogP contribution in [0.25, 0.3) is 0 Å². The molecule has 2 rings (SSSR count). The van der Waals surface area contributed by atoms with E-state index < -0.39 is 10.0 Å². The molecule has 0 bridgehead atoms. The van der Waals surface area contributed by atoms with Crippen molar-refractivity contribution in [2.75, 3.05) is 0 Å². The Kier molecular flexibility index (Phi) is 4.20. The molecule has 1 heterocycles. The molecule has 1 aromatic heterocycles. The highest BCUT2D eigenvalue weighted by molar-refractivity contribution is 7.89. The number of aliphatic hydroxyl groups is 1. The van der Waals surface area contributed by atoms with Gasteiger partial charge in [-0.2, -0.15) is 0 Å². The molecule has 6 nitrogen and oxygen atoms in total. The molecule has 0 unspecified atom stereocenters. The second-order valence-corrected chi connectivity index (χ2v) is 5.99. The molecule has 0 spiro atoms. The number of rotatable bonds is 5. The summed E-state index contributed by atoms with van der Waals surface area (Å²) < 4.78 is 26.4. The van der Waals surface area contributed by atoms with Crippen LogP contribution in [0.5, 0.6) is 0 Å². The van der Waals surface area contributed by atoms with E-state index in [9.17, 15) is 8.42 Å². The second kappa shape index (κ2) is 5.70. The van der Waals surface area contributed by atoms with Crippen LogP contribution in [0.2, 0.25) is 5.02 Å². The molecule has 0 saturated heterocycles. The van der Waals surface area contributed by atoms with Gasteiger partial charge in [0.25, 0.3) is 0 Å². The van der Waals surface area contributed by atoms with E-state index in [-0.39, 0.29) is 23.1 Å². The first kappa shape index (κ1) is 14.0. The van der Waals surface area contributed by atoms with Crippen LogP contribution < -0.4 is 4.72 Å². The Morgan fingerprint density at radius 2 is 2.21 bits per heavy atom. The predicted octanol–water partition coefficient (Wildman–Crippen LogP) is 1.03. The summed E-state index contributed by atoms with van der Waals surface area (Å²) in [7, 11) is -3.65. The summed E-state index contributed by atoms with van der Waals surface area (Å²) in [5.41, 5.74) is 1.14. The molecule has 0 radical (unpaired) electrons. The molecule has 0 fully saturated rings. The molecule has 3 N–H and O–H groups in total. The lowest BCUT2D eigenvalue weighted by molar-refractivity contribution is 0.282. The fraction of sp³-hybridized carbons (Fsp3) is 0.182. The van der Waals surface area contributed by atoms with Gasteiger partial charge in [0.05, 0.1) is 24.4 Å². The Balaban J connectivity index is 2.17. The number of nitrogens with one attached hydrogen (secondary N) is 2. The smallest absolute Gasteiger partial charge is 0.240 e. The summed E-state index contributed by atoms with van der Waals surface area (Å²) >= 11 is 5.87. The lowest BCUT2D eigenvalue weighted by Crippen LogP contribution is -2.23. The van der Waals surface area contributed by atoms with Crippen LogP contribution in [0.4, 0.5) is 0 Å². The monoisotopic (exact) mass is 301 g/mol.